The largest absolute Gasteiger partial charge is 0.389 e. The second kappa shape index (κ2) is 4.93. The van der Waals surface area contributed by atoms with Crippen LogP contribution in [-0.2, 0) is 5.41 Å². The zero-order valence-electron chi connectivity index (χ0n) is 12.8. The van der Waals surface area contributed by atoms with E-state index in [1.54, 1.807) is 0 Å². The molecule has 0 atom stereocenters. The lowest BCUT2D eigenvalue weighted by Gasteiger charge is -2.24. The smallest absolute Gasteiger partial charge is 0.0763 e. The molecule has 18 heavy (non-hydrogen) atoms. The second-order valence-corrected chi connectivity index (χ2v) is 6.90. The highest BCUT2D eigenvalue weighted by molar-refractivity contribution is 5.59. The molecule has 0 fully saturated rings. The number of hydrogen-bond acceptors (Lipinski definition) is 2. The molecular weight excluding hydrogens is 222 g/mol. The number of nitrogens with one attached hydrogen (secondary N) is 1. The summed E-state index contributed by atoms with van der Waals surface area (Å²) in [6.45, 7) is 15.1. The van der Waals surface area contributed by atoms with Gasteiger partial charge in [0, 0.05) is 12.2 Å². The van der Waals surface area contributed by atoms with E-state index < -0.39 is 5.60 Å². The number of anilines is 1. The highest BCUT2D eigenvalue weighted by Crippen LogP contribution is 2.29. The highest BCUT2D eigenvalue weighted by Gasteiger charge is 2.17. The van der Waals surface area contributed by atoms with Crippen LogP contribution >= 0.6 is 0 Å². The summed E-state index contributed by atoms with van der Waals surface area (Å²) < 4.78 is 0. The Bertz CT molecular complexity index is 399. The summed E-state index contributed by atoms with van der Waals surface area (Å²) in [5, 5.41) is 13.1. The van der Waals surface area contributed by atoms with Gasteiger partial charge in [0.15, 0.2) is 0 Å². The first-order valence-electron chi connectivity index (χ1n) is 6.59. The van der Waals surface area contributed by atoms with Crippen LogP contribution in [0.2, 0.25) is 0 Å². The summed E-state index contributed by atoms with van der Waals surface area (Å²) in [7, 11) is 0. The molecule has 2 N–H and O–H groups in total. The third-order valence-electron chi connectivity index (χ3n) is 3.10. The maximum Gasteiger partial charge on any atom is 0.0763 e. The minimum atomic E-state index is -0.693. The van der Waals surface area contributed by atoms with Gasteiger partial charge in [-0.2, -0.15) is 0 Å². The Morgan fingerprint density at radius 1 is 1.00 bits per heavy atom. The van der Waals surface area contributed by atoms with E-state index in [0.29, 0.717) is 6.54 Å². The molecule has 0 heterocycles. The van der Waals surface area contributed by atoms with Gasteiger partial charge in [-0.05, 0) is 49.8 Å². The van der Waals surface area contributed by atoms with Crippen molar-refractivity contribution in [1.29, 1.82) is 0 Å². The fourth-order valence-corrected chi connectivity index (χ4v) is 1.98. The Morgan fingerprint density at radius 2 is 1.44 bits per heavy atom. The molecule has 0 bridgehead atoms. The Balaban J connectivity index is 3.02. The number of rotatable bonds is 3. The minimum Gasteiger partial charge on any atom is -0.389 e. The molecule has 2 nitrogen and oxygen atoms in total. The SMILES string of the molecule is Cc1cc(C(C)(C)C)cc(C)c1NCC(C)(C)O. The first kappa shape index (κ1) is 15.0. The minimum absolute atomic E-state index is 0.171. The molecule has 2 heteroatoms. The van der Waals surface area contributed by atoms with Gasteiger partial charge in [0.1, 0.15) is 0 Å². The van der Waals surface area contributed by atoms with Crippen LogP contribution in [-0.4, -0.2) is 17.3 Å². The van der Waals surface area contributed by atoms with Gasteiger partial charge in [-0.15, -0.1) is 0 Å². The molecule has 0 aliphatic heterocycles. The number of hydrogen-bond donors (Lipinski definition) is 2. The van der Waals surface area contributed by atoms with Crippen molar-refractivity contribution >= 4 is 5.69 Å². The van der Waals surface area contributed by atoms with Crippen molar-refractivity contribution in [2.24, 2.45) is 0 Å². The van der Waals surface area contributed by atoms with Crippen molar-refractivity contribution in [3.8, 4) is 0 Å². The van der Waals surface area contributed by atoms with Gasteiger partial charge >= 0.3 is 0 Å². The molecular formula is C16H27NO. The van der Waals surface area contributed by atoms with Gasteiger partial charge in [0.2, 0.25) is 0 Å². The van der Waals surface area contributed by atoms with Crippen molar-refractivity contribution in [2.75, 3.05) is 11.9 Å². The molecule has 0 saturated carbocycles. The van der Waals surface area contributed by atoms with Gasteiger partial charge in [0.25, 0.3) is 0 Å². The standard InChI is InChI=1S/C16H27NO/c1-11-8-13(15(3,4)5)9-12(2)14(11)17-10-16(6,7)18/h8-9,17-18H,10H2,1-7H3. The molecule has 1 aromatic rings. The Hall–Kier alpha value is -1.02. The third kappa shape index (κ3) is 4.02. The van der Waals surface area contributed by atoms with Crippen LogP contribution in [0.1, 0.15) is 51.3 Å². The van der Waals surface area contributed by atoms with Gasteiger partial charge in [0.05, 0.1) is 5.60 Å². The van der Waals surface area contributed by atoms with Crippen LogP contribution in [0, 0.1) is 13.8 Å². The van der Waals surface area contributed by atoms with Gasteiger partial charge in [-0.25, -0.2) is 0 Å². The summed E-state index contributed by atoms with van der Waals surface area (Å²) in [5.74, 6) is 0. The Morgan fingerprint density at radius 3 is 1.78 bits per heavy atom. The van der Waals surface area contributed by atoms with Crippen molar-refractivity contribution in [1.82, 2.24) is 0 Å². The zero-order valence-corrected chi connectivity index (χ0v) is 12.8. The number of benzene rings is 1. The summed E-state index contributed by atoms with van der Waals surface area (Å²) in [4.78, 5) is 0. The average Bonchev–Trinajstić information content (AvgIpc) is 2.12. The molecule has 0 aromatic heterocycles. The molecule has 102 valence electrons. The summed E-state index contributed by atoms with van der Waals surface area (Å²) in [6.07, 6.45) is 0. The Kier molecular flexibility index (Phi) is 4.12. The molecule has 0 aliphatic carbocycles. The van der Waals surface area contributed by atoms with Crippen LogP contribution in [0.5, 0.6) is 0 Å². The fourth-order valence-electron chi connectivity index (χ4n) is 1.98. The topological polar surface area (TPSA) is 32.3 Å². The molecule has 0 radical (unpaired) electrons. The van der Waals surface area contributed by atoms with Crippen LogP contribution in [0.4, 0.5) is 5.69 Å². The van der Waals surface area contributed by atoms with Gasteiger partial charge in [-0.1, -0.05) is 32.9 Å². The summed E-state index contributed by atoms with van der Waals surface area (Å²) >= 11 is 0. The van der Waals surface area contributed by atoms with Gasteiger partial charge < -0.3 is 10.4 Å². The van der Waals surface area contributed by atoms with E-state index in [2.05, 4.69) is 52.1 Å². The van der Waals surface area contributed by atoms with E-state index in [-0.39, 0.29) is 5.41 Å². The van der Waals surface area contributed by atoms with Crippen LogP contribution in [0.15, 0.2) is 12.1 Å². The number of aryl methyl sites for hydroxylation is 2. The van der Waals surface area contributed by atoms with Crippen molar-refractivity contribution in [3.63, 3.8) is 0 Å². The van der Waals surface area contributed by atoms with Gasteiger partial charge in [-0.3, -0.25) is 0 Å². The summed E-state index contributed by atoms with van der Waals surface area (Å²) in [5.41, 5.74) is 4.45. The quantitative estimate of drug-likeness (QED) is 0.854. The van der Waals surface area contributed by atoms with Crippen molar-refractivity contribution < 1.29 is 5.11 Å². The lowest BCUT2D eigenvalue weighted by molar-refractivity contribution is 0.0945. The van der Waals surface area contributed by atoms with E-state index >= 15 is 0 Å². The van der Waals surface area contributed by atoms with E-state index in [0.717, 1.165) is 5.69 Å². The molecule has 0 amide bonds. The highest BCUT2D eigenvalue weighted by atomic mass is 16.3. The first-order chi connectivity index (χ1) is 8.00. The first-order valence-corrected chi connectivity index (χ1v) is 6.59. The van der Waals surface area contributed by atoms with E-state index in [1.807, 2.05) is 13.8 Å². The fraction of sp³-hybridized carbons (Fsp3) is 0.625. The molecule has 1 rings (SSSR count). The maximum absolute atomic E-state index is 9.78. The van der Waals surface area contributed by atoms with E-state index in [9.17, 15) is 5.11 Å². The molecule has 0 aliphatic rings. The molecule has 0 spiro atoms. The lowest BCUT2D eigenvalue weighted by Crippen LogP contribution is -2.29. The Labute approximate surface area is 111 Å². The third-order valence-corrected chi connectivity index (χ3v) is 3.10. The average molecular weight is 249 g/mol. The van der Waals surface area contributed by atoms with Crippen LogP contribution in [0.3, 0.4) is 0 Å². The number of aliphatic hydroxyl groups is 1. The molecule has 0 unspecified atom stereocenters. The lowest BCUT2D eigenvalue weighted by atomic mass is 9.84. The zero-order chi connectivity index (χ0) is 14.1. The molecule has 0 saturated heterocycles. The predicted octanol–water partition coefficient (Wildman–Crippen LogP) is 3.78. The monoisotopic (exact) mass is 249 g/mol. The van der Waals surface area contributed by atoms with E-state index in [1.165, 1.54) is 16.7 Å². The predicted molar refractivity (Wildman–Crippen MR) is 79.4 cm³/mol. The summed E-state index contributed by atoms with van der Waals surface area (Å²) in [6, 6.07) is 4.47. The maximum atomic E-state index is 9.78. The van der Waals surface area contributed by atoms with E-state index in [4.69, 9.17) is 0 Å². The second-order valence-electron chi connectivity index (χ2n) is 6.90. The van der Waals surface area contributed by atoms with Crippen LogP contribution in [0.25, 0.3) is 0 Å². The van der Waals surface area contributed by atoms with Crippen molar-refractivity contribution in [3.05, 3.63) is 28.8 Å². The van der Waals surface area contributed by atoms with Crippen LogP contribution < -0.4 is 5.32 Å². The normalized spacial score (nSPS) is 12.7. The van der Waals surface area contributed by atoms with Crippen molar-refractivity contribution in [2.45, 2.75) is 59.5 Å². The molecule has 1 aromatic carbocycles.